The van der Waals surface area contributed by atoms with E-state index in [1.54, 1.807) is 0 Å². The maximum absolute atomic E-state index is 11.9. The Balaban J connectivity index is 1.70. The maximum atomic E-state index is 11.9. The Morgan fingerprint density at radius 1 is 1.14 bits per heavy atom. The average Bonchev–Trinajstić information content (AvgIpc) is 2.52. The van der Waals surface area contributed by atoms with E-state index in [1.807, 2.05) is 56.3 Å². The number of amides is 1. The van der Waals surface area contributed by atoms with Crippen LogP contribution in [0.4, 0.5) is 0 Å². The molecule has 0 fully saturated rings. The molecule has 0 aromatic heterocycles. The van der Waals surface area contributed by atoms with Crippen LogP contribution in [0.2, 0.25) is 0 Å². The summed E-state index contributed by atoms with van der Waals surface area (Å²) in [4.78, 5) is 11.9. The topological polar surface area (TPSA) is 38.3 Å². The molecule has 2 aromatic rings. The molecule has 116 valence electrons. The monoisotopic (exact) mass is 297 g/mol. The third-order valence-electron chi connectivity index (χ3n) is 3.48. The highest BCUT2D eigenvalue weighted by atomic mass is 16.5. The number of aryl methyl sites for hydroxylation is 2. The van der Waals surface area contributed by atoms with E-state index < -0.39 is 0 Å². The molecule has 3 nitrogen and oxygen atoms in total. The van der Waals surface area contributed by atoms with Crippen molar-refractivity contribution in [2.75, 3.05) is 6.61 Å². The second-order valence-electron chi connectivity index (χ2n) is 5.60. The molecule has 0 heterocycles. The summed E-state index contributed by atoms with van der Waals surface area (Å²) in [5, 5.41) is 2.97. The third-order valence-corrected chi connectivity index (χ3v) is 3.48. The Morgan fingerprint density at radius 3 is 2.64 bits per heavy atom. The van der Waals surface area contributed by atoms with E-state index >= 15 is 0 Å². The van der Waals surface area contributed by atoms with E-state index in [2.05, 4.69) is 17.4 Å². The first-order chi connectivity index (χ1) is 10.6. The summed E-state index contributed by atoms with van der Waals surface area (Å²) in [6.07, 6.45) is 1.88. The smallest absolute Gasteiger partial charge is 0.258 e. The highest BCUT2D eigenvalue weighted by Crippen LogP contribution is 2.12. The lowest BCUT2D eigenvalue weighted by molar-refractivity contribution is -0.123. The zero-order valence-electron chi connectivity index (χ0n) is 13.2. The summed E-state index contributed by atoms with van der Waals surface area (Å²) < 4.78 is 5.50. The minimum Gasteiger partial charge on any atom is -0.484 e. The molecule has 0 bridgehead atoms. The third kappa shape index (κ3) is 5.60. The molecule has 0 aliphatic heterocycles. The van der Waals surface area contributed by atoms with Gasteiger partial charge < -0.3 is 10.1 Å². The molecule has 0 spiro atoms. The predicted octanol–water partition coefficient (Wildman–Crippen LogP) is 3.51. The summed E-state index contributed by atoms with van der Waals surface area (Å²) in [6.45, 7) is 4.07. The van der Waals surface area contributed by atoms with Gasteiger partial charge in [-0.15, -0.1) is 0 Å². The molecule has 0 unspecified atom stereocenters. The summed E-state index contributed by atoms with van der Waals surface area (Å²) in [6, 6.07) is 18.1. The molecule has 3 heteroatoms. The quantitative estimate of drug-likeness (QED) is 0.849. The van der Waals surface area contributed by atoms with Crippen molar-refractivity contribution in [3.8, 4) is 5.75 Å². The second kappa shape index (κ2) is 8.23. The molecule has 2 aromatic carbocycles. The van der Waals surface area contributed by atoms with Crippen molar-refractivity contribution < 1.29 is 9.53 Å². The Kier molecular flexibility index (Phi) is 6.01. The van der Waals surface area contributed by atoms with Gasteiger partial charge in [0.1, 0.15) is 5.75 Å². The molecule has 1 atom stereocenters. The van der Waals surface area contributed by atoms with Gasteiger partial charge in [-0.2, -0.15) is 0 Å². The van der Waals surface area contributed by atoms with Gasteiger partial charge in [-0.05, 0) is 49.9 Å². The zero-order chi connectivity index (χ0) is 15.8. The van der Waals surface area contributed by atoms with Crippen molar-refractivity contribution in [3.63, 3.8) is 0 Å². The van der Waals surface area contributed by atoms with Gasteiger partial charge in [0.2, 0.25) is 0 Å². The van der Waals surface area contributed by atoms with Crippen LogP contribution in [0.5, 0.6) is 5.75 Å². The minimum atomic E-state index is -0.0814. The Morgan fingerprint density at radius 2 is 1.91 bits per heavy atom. The molecule has 0 saturated heterocycles. The van der Waals surface area contributed by atoms with Gasteiger partial charge in [0.15, 0.2) is 6.61 Å². The molecule has 0 aliphatic carbocycles. The first-order valence-electron chi connectivity index (χ1n) is 7.66. The largest absolute Gasteiger partial charge is 0.484 e. The maximum Gasteiger partial charge on any atom is 0.258 e. The normalized spacial score (nSPS) is 11.7. The van der Waals surface area contributed by atoms with Gasteiger partial charge in [0.05, 0.1) is 0 Å². The first-order valence-corrected chi connectivity index (χ1v) is 7.66. The van der Waals surface area contributed by atoms with E-state index in [0.29, 0.717) is 0 Å². The number of ether oxygens (including phenoxy) is 1. The SMILES string of the molecule is Cc1cccc(OCC(=O)N[C@@H](C)CCc2ccccc2)c1. The summed E-state index contributed by atoms with van der Waals surface area (Å²) in [5.74, 6) is 0.647. The predicted molar refractivity (Wildman–Crippen MR) is 89.0 cm³/mol. The van der Waals surface area contributed by atoms with E-state index in [4.69, 9.17) is 4.74 Å². The number of hydrogen-bond donors (Lipinski definition) is 1. The van der Waals surface area contributed by atoms with Crippen molar-refractivity contribution in [1.29, 1.82) is 0 Å². The van der Waals surface area contributed by atoms with Crippen molar-refractivity contribution >= 4 is 5.91 Å². The van der Waals surface area contributed by atoms with Crippen LogP contribution in [0.3, 0.4) is 0 Å². The Labute approximate surface area is 132 Å². The number of hydrogen-bond acceptors (Lipinski definition) is 2. The lowest BCUT2D eigenvalue weighted by atomic mass is 10.1. The van der Waals surface area contributed by atoms with Gasteiger partial charge >= 0.3 is 0 Å². The first kappa shape index (κ1) is 16.1. The van der Waals surface area contributed by atoms with Crippen LogP contribution in [0.1, 0.15) is 24.5 Å². The molecule has 1 N–H and O–H groups in total. The van der Waals surface area contributed by atoms with Crippen LogP contribution in [-0.2, 0) is 11.2 Å². The van der Waals surface area contributed by atoms with E-state index in [9.17, 15) is 4.79 Å². The molecular formula is C19H23NO2. The van der Waals surface area contributed by atoms with Crippen LogP contribution < -0.4 is 10.1 Å². The van der Waals surface area contributed by atoms with Crippen LogP contribution >= 0.6 is 0 Å². The van der Waals surface area contributed by atoms with Crippen molar-refractivity contribution in [2.24, 2.45) is 0 Å². The lowest BCUT2D eigenvalue weighted by Gasteiger charge is -2.14. The molecule has 0 radical (unpaired) electrons. The van der Waals surface area contributed by atoms with Crippen LogP contribution in [0.25, 0.3) is 0 Å². The molecule has 0 saturated carbocycles. The summed E-state index contributed by atoms with van der Waals surface area (Å²) in [5.41, 5.74) is 2.41. The number of nitrogens with one attached hydrogen (secondary N) is 1. The summed E-state index contributed by atoms with van der Waals surface area (Å²) >= 11 is 0. The lowest BCUT2D eigenvalue weighted by Crippen LogP contribution is -2.36. The zero-order valence-corrected chi connectivity index (χ0v) is 13.2. The van der Waals surface area contributed by atoms with Crippen LogP contribution in [0.15, 0.2) is 54.6 Å². The molecule has 1 amide bonds. The summed E-state index contributed by atoms with van der Waals surface area (Å²) in [7, 11) is 0. The van der Waals surface area contributed by atoms with E-state index in [1.165, 1.54) is 5.56 Å². The fraction of sp³-hybridized carbons (Fsp3) is 0.316. The molecule has 22 heavy (non-hydrogen) atoms. The van der Waals surface area contributed by atoms with Gasteiger partial charge in [-0.1, -0.05) is 42.5 Å². The average molecular weight is 297 g/mol. The van der Waals surface area contributed by atoms with Crippen molar-refractivity contribution in [1.82, 2.24) is 5.32 Å². The van der Waals surface area contributed by atoms with Crippen molar-refractivity contribution in [3.05, 3.63) is 65.7 Å². The number of carbonyl (C=O) groups is 1. The van der Waals surface area contributed by atoms with Crippen LogP contribution in [-0.4, -0.2) is 18.6 Å². The standard InChI is InChI=1S/C19H23NO2/c1-15-7-6-10-18(13-15)22-14-19(21)20-16(2)11-12-17-8-4-3-5-9-17/h3-10,13,16H,11-12,14H2,1-2H3,(H,20,21)/t16-/m0/s1. The van der Waals surface area contributed by atoms with E-state index in [0.717, 1.165) is 24.2 Å². The fourth-order valence-electron chi connectivity index (χ4n) is 2.27. The minimum absolute atomic E-state index is 0.0547. The van der Waals surface area contributed by atoms with Gasteiger partial charge in [-0.3, -0.25) is 4.79 Å². The Bertz CT molecular complexity index is 595. The van der Waals surface area contributed by atoms with E-state index in [-0.39, 0.29) is 18.6 Å². The molecule has 2 rings (SSSR count). The number of benzene rings is 2. The van der Waals surface area contributed by atoms with Gasteiger partial charge in [0.25, 0.3) is 5.91 Å². The van der Waals surface area contributed by atoms with Crippen LogP contribution in [0, 0.1) is 6.92 Å². The fourth-order valence-corrected chi connectivity index (χ4v) is 2.27. The Hall–Kier alpha value is -2.29. The second-order valence-corrected chi connectivity index (χ2v) is 5.60. The number of carbonyl (C=O) groups excluding carboxylic acids is 1. The van der Waals surface area contributed by atoms with Crippen molar-refractivity contribution in [2.45, 2.75) is 32.7 Å². The highest BCUT2D eigenvalue weighted by Gasteiger charge is 2.08. The number of rotatable bonds is 7. The van der Waals surface area contributed by atoms with Gasteiger partial charge in [-0.25, -0.2) is 0 Å². The van der Waals surface area contributed by atoms with Gasteiger partial charge in [0, 0.05) is 6.04 Å². The molecule has 0 aliphatic rings. The molecular weight excluding hydrogens is 274 g/mol. The highest BCUT2D eigenvalue weighted by molar-refractivity contribution is 5.77.